The number of hydrogen-bond acceptors (Lipinski definition) is 7. The van der Waals surface area contributed by atoms with E-state index in [0.29, 0.717) is 6.42 Å². The number of aliphatic carboxylic acids is 2. The summed E-state index contributed by atoms with van der Waals surface area (Å²) in [5, 5.41) is 25.3. The van der Waals surface area contributed by atoms with Crippen molar-refractivity contribution in [3.8, 4) is 0 Å². The van der Waals surface area contributed by atoms with Gasteiger partial charge < -0.3 is 31.9 Å². The number of carboxylic acids is 2. The number of carboxylic acid groups (broad SMARTS) is 2. The summed E-state index contributed by atoms with van der Waals surface area (Å²) in [4.78, 5) is 59.5. The van der Waals surface area contributed by atoms with Crippen LogP contribution < -0.4 is 21.7 Å². The lowest BCUT2D eigenvalue weighted by atomic mass is 9.97. The fraction of sp³-hybridized carbons (Fsp3) is 0.737. The number of carbonyl (C=O) groups is 5. The van der Waals surface area contributed by atoms with Crippen molar-refractivity contribution in [2.24, 2.45) is 17.6 Å². The Hall–Kier alpha value is -2.34. The molecule has 0 spiro atoms. The van der Waals surface area contributed by atoms with Gasteiger partial charge in [0.1, 0.15) is 18.1 Å². The van der Waals surface area contributed by atoms with Crippen LogP contribution in [0.15, 0.2) is 0 Å². The molecule has 0 bridgehead atoms. The maximum absolute atomic E-state index is 12.8. The monoisotopic (exact) mass is 462 g/mol. The molecular weight excluding hydrogens is 428 g/mol. The van der Waals surface area contributed by atoms with Crippen LogP contribution in [0.4, 0.5) is 0 Å². The highest BCUT2D eigenvalue weighted by molar-refractivity contribution is 7.80. The molecule has 0 aromatic heterocycles. The van der Waals surface area contributed by atoms with Crippen molar-refractivity contribution < 1.29 is 34.2 Å². The van der Waals surface area contributed by atoms with E-state index in [4.69, 9.17) is 10.8 Å². The molecule has 0 rings (SSSR count). The molecule has 0 aliphatic carbocycles. The van der Waals surface area contributed by atoms with Crippen LogP contribution in [0.25, 0.3) is 0 Å². The van der Waals surface area contributed by atoms with E-state index in [2.05, 4.69) is 28.6 Å². The molecule has 0 saturated heterocycles. The summed E-state index contributed by atoms with van der Waals surface area (Å²) >= 11 is 4.06. The molecule has 12 heteroatoms. The molecule has 0 aromatic rings. The Kier molecular flexibility index (Phi) is 12.8. The Morgan fingerprint density at radius 3 is 1.87 bits per heavy atom. The van der Waals surface area contributed by atoms with Crippen molar-refractivity contribution in [2.75, 3.05) is 5.75 Å². The molecule has 3 amide bonds. The number of hydrogen-bond donors (Lipinski definition) is 7. The van der Waals surface area contributed by atoms with Gasteiger partial charge in [0.05, 0.1) is 6.04 Å². The predicted molar refractivity (Wildman–Crippen MR) is 116 cm³/mol. The average molecular weight is 463 g/mol. The highest BCUT2D eigenvalue weighted by Gasteiger charge is 2.32. The average Bonchev–Trinajstić information content (AvgIpc) is 2.70. The second-order valence-corrected chi connectivity index (χ2v) is 8.09. The van der Waals surface area contributed by atoms with Gasteiger partial charge in [0, 0.05) is 12.2 Å². The van der Waals surface area contributed by atoms with Gasteiger partial charge >= 0.3 is 11.9 Å². The van der Waals surface area contributed by atoms with E-state index in [9.17, 15) is 29.1 Å². The maximum atomic E-state index is 12.8. The number of thiol groups is 1. The molecule has 0 aromatic carbocycles. The van der Waals surface area contributed by atoms with Crippen LogP contribution in [0, 0.1) is 11.8 Å². The molecule has 0 heterocycles. The first kappa shape index (κ1) is 28.7. The Bertz CT molecular complexity index is 659. The zero-order valence-corrected chi connectivity index (χ0v) is 19.1. The standard InChI is InChI=1S/C19H34N4O7S/c1-5-10(4)15(23-16(26)11(20)6-7-13(24)25)18(28)21-12(8-31)17(27)22-14(9(2)3)19(29)30/h9-12,14-15,31H,5-8,20H2,1-4H3,(H,21,28)(H,22,27)(H,23,26)(H,24,25)(H,29,30). The van der Waals surface area contributed by atoms with Gasteiger partial charge in [-0.3, -0.25) is 19.2 Å². The zero-order valence-electron chi connectivity index (χ0n) is 18.3. The van der Waals surface area contributed by atoms with Crippen LogP contribution >= 0.6 is 12.6 Å². The number of carbonyl (C=O) groups excluding carboxylic acids is 3. The van der Waals surface area contributed by atoms with Crippen LogP contribution in [0.2, 0.25) is 0 Å². The summed E-state index contributed by atoms with van der Waals surface area (Å²) in [6, 6.07) is -4.39. The second-order valence-electron chi connectivity index (χ2n) is 7.72. The SMILES string of the molecule is CCC(C)C(NC(=O)C(N)CCC(=O)O)C(=O)NC(CS)C(=O)NC(C(=O)O)C(C)C. The van der Waals surface area contributed by atoms with Crippen molar-refractivity contribution >= 4 is 42.3 Å². The first-order valence-corrected chi connectivity index (χ1v) is 10.7. The molecule has 0 aliphatic heterocycles. The third kappa shape index (κ3) is 10.0. The molecule has 0 fully saturated rings. The first-order chi connectivity index (χ1) is 14.3. The molecule has 11 nitrogen and oxygen atoms in total. The lowest BCUT2D eigenvalue weighted by Crippen LogP contribution is -2.59. The Morgan fingerprint density at radius 2 is 1.45 bits per heavy atom. The summed E-state index contributed by atoms with van der Waals surface area (Å²) in [5.41, 5.74) is 5.70. The minimum atomic E-state index is -1.20. The summed E-state index contributed by atoms with van der Waals surface area (Å²) in [6.07, 6.45) is 0.135. The van der Waals surface area contributed by atoms with Crippen LogP contribution in [-0.4, -0.2) is 69.8 Å². The van der Waals surface area contributed by atoms with E-state index in [1.165, 1.54) is 0 Å². The van der Waals surface area contributed by atoms with E-state index in [1.807, 2.05) is 6.92 Å². The fourth-order valence-electron chi connectivity index (χ4n) is 2.60. The number of amides is 3. The minimum absolute atomic E-state index is 0.0938. The topological polar surface area (TPSA) is 188 Å². The smallest absolute Gasteiger partial charge is 0.326 e. The van der Waals surface area contributed by atoms with E-state index in [-0.39, 0.29) is 30.4 Å². The van der Waals surface area contributed by atoms with Crippen molar-refractivity contribution in [3.63, 3.8) is 0 Å². The molecule has 5 unspecified atom stereocenters. The number of rotatable bonds is 14. The molecule has 7 N–H and O–H groups in total. The van der Waals surface area contributed by atoms with Gasteiger partial charge in [-0.2, -0.15) is 12.6 Å². The summed E-state index contributed by atoms with van der Waals surface area (Å²) < 4.78 is 0. The molecule has 0 aliphatic rings. The first-order valence-electron chi connectivity index (χ1n) is 10.1. The molecule has 0 saturated carbocycles. The number of nitrogens with one attached hydrogen (secondary N) is 3. The van der Waals surface area contributed by atoms with Crippen molar-refractivity contribution in [1.29, 1.82) is 0 Å². The lowest BCUT2D eigenvalue weighted by Gasteiger charge is -2.27. The van der Waals surface area contributed by atoms with Crippen LogP contribution in [0.5, 0.6) is 0 Å². The van der Waals surface area contributed by atoms with Crippen LogP contribution in [0.3, 0.4) is 0 Å². The summed E-state index contributed by atoms with van der Waals surface area (Å²) in [7, 11) is 0. The Labute approximate surface area is 187 Å². The van der Waals surface area contributed by atoms with Gasteiger partial charge in [0.25, 0.3) is 0 Å². The van der Waals surface area contributed by atoms with Gasteiger partial charge in [-0.05, 0) is 18.3 Å². The van der Waals surface area contributed by atoms with Gasteiger partial charge in [-0.15, -0.1) is 0 Å². The molecule has 31 heavy (non-hydrogen) atoms. The van der Waals surface area contributed by atoms with Crippen LogP contribution in [-0.2, 0) is 24.0 Å². The van der Waals surface area contributed by atoms with E-state index < -0.39 is 53.8 Å². The minimum Gasteiger partial charge on any atom is -0.481 e. The second kappa shape index (κ2) is 13.9. The third-order valence-electron chi connectivity index (χ3n) is 4.85. The number of nitrogens with two attached hydrogens (primary N) is 1. The zero-order chi connectivity index (χ0) is 24.3. The largest absolute Gasteiger partial charge is 0.481 e. The highest BCUT2D eigenvalue weighted by Crippen LogP contribution is 2.10. The Balaban J connectivity index is 5.27. The van der Waals surface area contributed by atoms with E-state index >= 15 is 0 Å². The molecular formula is C19H34N4O7S. The van der Waals surface area contributed by atoms with Gasteiger partial charge in [-0.1, -0.05) is 34.1 Å². The molecule has 0 radical (unpaired) electrons. The van der Waals surface area contributed by atoms with Gasteiger partial charge in [0.15, 0.2) is 0 Å². The van der Waals surface area contributed by atoms with Crippen molar-refractivity contribution in [1.82, 2.24) is 16.0 Å². The van der Waals surface area contributed by atoms with Crippen molar-refractivity contribution in [3.05, 3.63) is 0 Å². The molecule has 178 valence electrons. The fourth-order valence-corrected chi connectivity index (χ4v) is 2.85. The quantitative estimate of drug-likeness (QED) is 0.166. The third-order valence-corrected chi connectivity index (χ3v) is 5.21. The maximum Gasteiger partial charge on any atom is 0.326 e. The summed E-state index contributed by atoms with van der Waals surface area (Å²) in [6.45, 7) is 6.80. The highest BCUT2D eigenvalue weighted by atomic mass is 32.1. The van der Waals surface area contributed by atoms with Gasteiger partial charge in [-0.25, -0.2) is 4.79 Å². The normalized spacial score (nSPS) is 15.8. The molecule has 5 atom stereocenters. The van der Waals surface area contributed by atoms with E-state index in [1.54, 1.807) is 20.8 Å². The van der Waals surface area contributed by atoms with Gasteiger partial charge in [0.2, 0.25) is 17.7 Å². The van der Waals surface area contributed by atoms with Crippen molar-refractivity contribution in [2.45, 2.75) is 71.1 Å². The summed E-state index contributed by atoms with van der Waals surface area (Å²) in [5.74, 6) is -5.13. The lowest BCUT2D eigenvalue weighted by molar-refractivity contribution is -0.143. The van der Waals surface area contributed by atoms with E-state index in [0.717, 1.165) is 0 Å². The predicted octanol–water partition coefficient (Wildman–Crippen LogP) is -0.651. The Morgan fingerprint density at radius 1 is 0.903 bits per heavy atom. The van der Waals surface area contributed by atoms with Crippen LogP contribution in [0.1, 0.15) is 47.0 Å².